The highest BCUT2D eigenvalue weighted by Gasteiger charge is 2.42. The molecule has 0 saturated carbocycles. The third-order valence-electron chi connectivity index (χ3n) is 6.17. The van der Waals surface area contributed by atoms with Crippen LogP contribution in [0.3, 0.4) is 0 Å². The van der Waals surface area contributed by atoms with Crippen molar-refractivity contribution in [2.24, 2.45) is 0 Å². The summed E-state index contributed by atoms with van der Waals surface area (Å²) in [6, 6.07) is 19.3. The maximum Gasteiger partial charge on any atom is 0.399 e. The van der Waals surface area contributed by atoms with Crippen molar-refractivity contribution >= 4 is 23.1 Å². The maximum atomic E-state index is 14.2. The number of aromatic hydroxyl groups is 2. The summed E-state index contributed by atoms with van der Waals surface area (Å²) in [5.41, 5.74) is 0.291. The van der Waals surface area contributed by atoms with Gasteiger partial charge >= 0.3 is 6.18 Å². The van der Waals surface area contributed by atoms with Gasteiger partial charge in [-0.15, -0.1) is 0 Å². The number of carbonyl (C=O) groups is 2. The van der Waals surface area contributed by atoms with Gasteiger partial charge in [-0.25, -0.2) is 0 Å². The average Bonchev–Trinajstić information content (AvgIpc) is 2.91. The summed E-state index contributed by atoms with van der Waals surface area (Å²) in [5.74, 6) is -2.52. The molecule has 206 valence electrons. The van der Waals surface area contributed by atoms with E-state index < -0.39 is 23.8 Å². The van der Waals surface area contributed by atoms with Crippen LogP contribution >= 0.6 is 0 Å². The van der Waals surface area contributed by atoms with Gasteiger partial charge in [0.2, 0.25) is 0 Å². The number of halogens is 3. The first-order valence-corrected chi connectivity index (χ1v) is 12.1. The summed E-state index contributed by atoms with van der Waals surface area (Å²) in [5, 5.41) is 25.2. The van der Waals surface area contributed by atoms with Crippen LogP contribution in [0.2, 0.25) is 0 Å². The molecule has 0 aromatic heterocycles. The first-order valence-electron chi connectivity index (χ1n) is 12.1. The zero-order chi connectivity index (χ0) is 29.0. The Bertz CT molecular complexity index is 1530. The van der Waals surface area contributed by atoms with Crippen molar-refractivity contribution in [3.63, 3.8) is 0 Å². The highest BCUT2D eigenvalue weighted by Crippen LogP contribution is 2.43. The quantitative estimate of drug-likeness (QED) is 0.138. The zero-order valence-corrected chi connectivity index (χ0v) is 21.4. The number of carbonyl (C=O) groups excluding carboxylic acids is 2. The zero-order valence-electron chi connectivity index (χ0n) is 21.4. The van der Waals surface area contributed by atoms with Gasteiger partial charge in [-0.05, 0) is 90.8 Å². The Morgan fingerprint density at radius 2 is 1.23 bits per heavy atom. The highest BCUT2D eigenvalue weighted by atomic mass is 19.4. The molecule has 0 aliphatic heterocycles. The van der Waals surface area contributed by atoms with Crippen molar-refractivity contribution in [2.45, 2.75) is 19.0 Å². The second-order valence-corrected chi connectivity index (χ2v) is 8.94. The first-order chi connectivity index (χ1) is 19.0. The lowest BCUT2D eigenvalue weighted by Crippen LogP contribution is -2.22. The number of phenols is 2. The molecule has 4 N–H and O–H groups in total. The summed E-state index contributed by atoms with van der Waals surface area (Å²) >= 11 is 0. The number of benzene rings is 4. The van der Waals surface area contributed by atoms with Crippen LogP contribution in [0, 0.1) is 0 Å². The summed E-state index contributed by atoms with van der Waals surface area (Å²) < 4.78 is 48.2. The van der Waals surface area contributed by atoms with Crippen molar-refractivity contribution in [1.29, 1.82) is 0 Å². The fourth-order valence-electron chi connectivity index (χ4n) is 4.10. The van der Waals surface area contributed by atoms with Gasteiger partial charge in [0.1, 0.15) is 28.9 Å². The topological polar surface area (TPSA) is 108 Å². The number of ether oxygens (including phenoxy) is 1. The molecule has 0 saturated heterocycles. The average molecular weight is 551 g/mol. The van der Waals surface area contributed by atoms with Crippen molar-refractivity contribution < 1.29 is 37.7 Å². The fraction of sp³-hybridized carbons (Fsp3) is 0.133. The van der Waals surface area contributed by atoms with Gasteiger partial charge in [0.25, 0.3) is 5.91 Å². The molecule has 1 unspecified atom stereocenters. The Morgan fingerprint density at radius 1 is 0.750 bits per heavy atom. The molecule has 1 atom stereocenters. The monoisotopic (exact) mass is 550 g/mol. The van der Waals surface area contributed by atoms with Crippen LogP contribution in [0.1, 0.15) is 44.7 Å². The minimum absolute atomic E-state index is 0.0734. The Morgan fingerprint density at radius 3 is 1.70 bits per heavy atom. The number of nitrogens with one attached hydrogen (secondary N) is 2. The summed E-state index contributed by atoms with van der Waals surface area (Å²) in [7, 11) is 1.47. The van der Waals surface area contributed by atoms with Crippen LogP contribution in [0.4, 0.5) is 24.5 Å². The number of rotatable bonds is 8. The van der Waals surface area contributed by atoms with Gasteiger partial charge in [-0.3, -0.25) is 9.59 Å². The van der Waals surface area contributed by atoms with Gasteiger partial charge < -0.3 is 25.6 Å². The van der Waals surface area contributed by atoms with E-state index >= 15 is 0 Å². The Labute approximate surface area is 227 Å². The molecule has 7 nitrogen and oxygen atoms in total. The van der Waals surface area contributed by atoms with Gasteiger partial charge in [-0.2, -0.15) is 13.2 Å². The summed E-state index contributed by atoms with van der Waals surface area (Å²) in [6.07, 6.45) is -4.71. The number of ketones is 1. The predicted molar refractivity (Wildman–Crippen MR) is 145 cm³/mol. The Kier molecular flexibility index (Phi) is 7.99. The van der Waals surface area contributed by atoms with Crippen molar-refractivity contribution in [1.82, 2.24) is 0 Å². The number of amides is 1. The summed E-state index contributed by atoms with van der Waals surface area (Å²) in [4.78, 5) is 24.3. The van der Waals surface area contributed by atoms with E-state index in [4.69, 9.17) is 4.74 Å². The molecule has 10 heteroatoms. The molecule has 1 amide bonds. The van der Waals surface area contributed by atoms with E-state index in [1.54, 1.807) is 24.3 Å². The van der Waals surface area contributed by atoms with Crippen LogP contribution < -0.4 is 15.4 Å². The minimum atomic E-state index is -4.71. The molecule has 4 aromatic carbocycles. The highest BCUT2D eigenvalue weighted by molar-refractivity contribution is 6.05. The van der Waals surface area contributed by atoms with E-state index in [-0.39, 0.29) is 39.6 Å². The SMILES string of the molecule is CNc1cc(C(c2ccc(O)c(NC(=O)c3ccc(Oc4ccc(C(C)=O)cc4)cc3)c2)C(F)(F)F)ccc1O. The standard InChI is InChI=1S/C30H25F3N2O5/c1-17(36)18-3-9-22(10-4-18)40-23-11-5-19(6-12-23)29(39)35-25-16-21(8-14-27(25)38)28(30(31,32)33)20-7-13-26(37)24(15-20)34-2/h3-16,28,34,37-38H,1-2H3,(H,35,39). The van der Waals surface area contributed by atoms with Gasteiger partial charge in [0.05, 0.1) is 11.4 Å². The third-order valence-corrected chi connectivity index (χ3v) is 6.17. The second kappa shape index (κ2) is 11.4. The van der Waals surface area contributed by atoms with E-state index in [0.29, 0.717) is 17.1 Å². The molecular formula is C30H25F3N2O5. The first kappa shape index (κ1) is 28.0. The molecule has 0 spiro atoms. The number of phenolic OH excluding ortho intramolecular Hbond substituents is 2. The van der Waals surface area contributed by atoms with Crippen LogP contribution in [-0.2, 0) is 0 Å². The van der Waals surface area contributed by atoms with Crippen molar-refractivity contribution in [2.75, 3.05) is 17.7 Å². The van der Waals surface area contributed by atoms with Crippen LogP contribution in [0.15, 0.2) is 84.9 Å². The van der Waals surface area contributed by atoms with E-state index in [0.717, 1.165) is 24.3 Å². The van der Waals surface area contributed by atoms with Gasteiger partial charge in [0.15, 0.2) is 5.78 Å². The molecule has 40 heavy (non-hydrogen) atoms. The molecular weight excluding hydrogens is 525 g/mol. The van der Waals surface area contributed by atoms with E-state index in [1.165, 1.54) is 50.4 Å². The molecule has 0 bridgehead atoms. The van der Waals surface area contributed by atoms with Crippen LogP contribution in [-0.4, -0.2) is 35.1 Å². The largest absolute Gasteiger partial charge is 0.506 e. The number of hydrogen-bond donors (Lipinski definition) is 4. The molecule has 0 heterocycles. The Hall–Kier alpha value is -4.99. The molecule has 4 rings (SSSR count). The number of anilines is 2. The smallest absolute Gasteiger partial charge is 0.399 e. The van der Waals surface area contributed by atoms with E-state index in [1.807, 2.05) is 0 Å². The number of alkyl halides is 3. The number of hydrogen-bond acceptors (Lipinski definition) is 6. The fourth-order valence-corrected chi connectivity index (χ4v) is 4.10. The second-order valence-electron chi connectivity index (χ2n) is 8.94. The van der Waals surface area contributed by atoms with E-state index in [2.05, 4.69) is 10.6 Å². The predicted octanol–water partition coefficient (Wildman–Crippen LogP) is 7.08. The lowest BCUT2D eigenvalue weighted by atomic mass is 9.89. The van der Waals surface area contributed by atoms with Crippen LogP contribution in [0.25, 0.3) is 0 Å². The minimum Gasteiger partial charge on any atom is -0.506 e. The van der Waals surface area contributed by atoms with Gasteiger partial charge in [-0.1, -0.05) is 12.1 Å². The molecule has 4 aromatic rings. The molecule has 0 aliphatic carbocycles. The van der Waals surface area contributed by atoms with Gasteiger partial charge in [0, 0.05) is 18.2 Å². The lowest BCUT2D eigenvalue weighted by molar-refractivity contribution is -0.141. The molecule has 0 fully saturated rings. The van der Waals surface area contributed by atoms with E-state index in [9.17, 15) is 33.0 Å². The Balaban J connectivity index is 1.54. The summed E-state index contributed by atoms with van der Waals surface area (Å²) in [6.45, 7) is 1.46. The maximum absolute atomic E-state index is 14.2. The number of Topliss-reactive ketones (excluding diaryl/α,β-unsaturated/α-hetero) is 1. The van der Waals surface area contributed by atoms with Crippen LogP contribution in [0.5, 0.6) is 23.0 Å². The normalized spacial score (nSPS) is 11.9. The third kappa shape index (κ3) is 6.35. The molecule has 0 radical (unpaired) electrons. The van der Waals surface area contributed by atoms with Crippen molar-refractivity contribution in [3.8, 4) is 23.0 Å². The lowest BCUT2D eigenvalue weighted by Gasteiger charge is -2.23. The molecule has 0 aliphatic rings. The van der Waals surface area contributed by atoms with Crippen molar-refractivity contribution in [3.05, 3.63) is 107 Å².